The van der Waals surface area contributed by atoms with E-state index in [1.165, 1.54) is 6.92 Å². The van der Waals surface area contributed by atoms with Crippen molar-refractivity contribution in [1.82, 2.24) is 21.3 Å². The molecule has 3 unspecified atom stereocenters. The zero-order valence-corrected chi connectivity index (χ0v) is 18.1. The van der Waals surface area contributed by atoms with Crippen molar-refractivity contribution in [3.8, 4) is 0 Å². The number of ketones is 1. The number of hydrogen-bond acceptors (Lipinski definition) is 6. The fraction of sp³-hybridized carbons (Fsp3) is 0.737. The third-order valence-electron chi connectivity index (χ3n) is 4.44. The quantitative estimate of drug-likeness (QED) is 0.190. The van der Waals surface area contributed by atoms with Crippen molar-refractivity contribution in [2.75, 3.05) is 13.1 Å². The molecule has 11 nitrogen and oxygen atoms in total. The van der Waals surface area contributed by atoms with Gasteiger partial charge in [0.2, 0.25) is 11.8 Å². The standard InChI is InChI=1S/C19H35N5O6/c1-5-21-14(8-9-15(26)27)17(28)24-16(11(2)3)18(29)23-13(12(4)25)7-6-10-22-19(20)30/h11,13-14,16,21H,5-10H2,1-4H3,(H,23,29)(H,24,28)(H,26,27)(H3,20,22,30). The Kier molecular flexibility index (Phi) is 13.0. The Labute approximate surface area is 176 Å². The average molecular weight is 430 g/mol. The summed E-state index contributed by atoms with van der Waals surface area (Å²) in [6.07, 6.45) is 0.641. The van der Waals surface area contributed by atoms with Gasteiger partial charge in [-0.1, -0.05) is 20.8 Å². The normalized spacial score (nSPS) is 13.8. The molecule has 0 spiro atoms. The largest absolute Gasteiger partial charge is 0.481 e. The summed E-state index contributed by atoms with van der Waals surface area (Å²) < 4.78 is 0. The smallest absolute Gasteiger partial charge is 0.312 e. The Morgan fingerprint density at radius 3 is 2.07 bits per heavy atom. The van der Waals surface area contributed by atoms with E-state index < -0.39 is 41.9 Å². The van der Waals surface area contributed by atoms with Crippen molar-refractivity contribution in [2.24, 2.45) is 11.7 Å². The van der Waals surface area contributed by atoms with E-state index in [2.05, 4.69) is 21.3 Å². The number of Topliss-reactive ketones (excluding diaryl/α,β-unsaturated/α-hetero) is 1. The van der Waals surface area contributed by atoms with E-state index in [1.54, 1.807) is 20.8 Å². The summed E-state index contributed by atoms with van der Waals surface area (Å²) in [5.74, 6) is -2.51. The van der Waals surface area contributed by atoms with Crippen LogP contribution in [0.4, 0.5) is 4.79 Å². The number of carbonyl (C=O) groups excluding carboxylic acids is 4. The highest BCUT2D eigenvalue weighted by molar-refractivity contribution is 5.93. The molecule has 0 aromatic heterocycles. The molecule has 0 aliphatic carbocycles. The predicted octanol–water partition coefficient (Wildman–Crippen LogP) is -0.508. The highest BCUT2D eigenvalue weighted by Gasteiger charge is 2.29. The summed E-state index contributed by atoms with van der Waals surface area (Å²) >= 11 is 0. The summed E-state index contributed by atoms with van der Waals surface area (Å²) in [6, 6.07) is -3.07. The average Bonchev–Trinajstić information content (AvgIpc) is 2.64. The lowest BCUT2D eigenvalue weighted by Crippen LogP contribution is -2.56. The van der Waals surface area contributed by atoms with Crippen LogP contribution < -0.4 is 27.0 Å². The van der Waals surface area contributed by atoms with Gasteiger partial charge in [-0.25, -0.2) is 4.79 Å². The van der Waals surface area contributed by atoms with Gasteiger partial charge < -0.3 is 32.1 Å². The monoisotopic (exact) mass is 429 g/mol. The molecule has 11 heteroatoms. The fourth-order valence-electron chi connectivity index (χ4n) is 2.79. The predicted molar refractivity (Wildman–Crippen MR) is 111 cm³/mol. The summed E-state index contributed by atoms with van der Waals surface area (Å²) in [4.78, 5) is 58.7. The van der Waals surface area contributed by atoms with Gasteiger partial charge in [-0.05, 0) is 38.6 Å². The molecule has 0 heterocycles. The van der Waals surface area contributed by atoms with Gasteiger partial charge in [0.05, 0.1) is 12.1 Å². The number of hydrogen-bond donors (Lipinski definition) is 6. The number of urea groups is 1. The second kappa shape index (κ2) is 14.3. The summed E-state index contributed by atoms with van der Waals surface area (Å²) in [6.45, 7) is 7.38. The number of nitrogens with two attached hydrogens (primary N) is 1. The number of amides is 4. The van der Waals surface area contributed by atoms with Gasteiger partial charge in [-0.15, -0.1) is 0 Å². The molecule has 0 bridgehead atoms. The van der Waals surface area contributed by atoms with Crippen LogP contribution in [0.25, 0.3) is 0 Å². The van der Waals surface area contributed by atoms with Gasteiger partial charge in [0, 0.05) is 13.0 Å². The molecular weight excluding hydrogens is 394 g/mol. The van der Waals surface area contributed by atoms with Gasteiger partial charge in [-0.3, -0.25) is 19.2 Å². The molecule has 0 rings (SSSR count). The van der Waals surface area contributed by atoms with Crippen molar-refractivity contribution in [3.63, 3.8) is 0 Å². The summed E-state index contributed by atoms with van der Waals surface area (Å²) in [5, 5.41) is 19.5. The van der Waals surface area contributed by atoms with Gasteiger partial charge >= 0.3 is 12.0 Å². The summed E-state index contributed by atoms with van der Waals surface area (Å²) in [7, 11) is 0. The minimum atomic E-state index is -1.01. The molecule has 0 radical (unpaired) electrons. The van der Waals surface area contributed by atoms with Crippen LogP contribution in [0.5, 0.6) is 0 Å². The molecule has 0 aromatic rings. The van der Waals surface area contributed by atoms with E-state index in [0.29, 0.717) is 19.4 Å². The summed E-state index contributed by atoms with van der Waals surface area (Å²) in [5.41, 5.74) is 4.99. The first-order valence-electron chi connectivity index (χ1n) is 10.1. The van der Waals surface area contributed by atoms with E-state index in [-0.39, 0.29) is 31.1 Å². The Hall–Kier alpha value is -2.69. The second-order valence-electron chi connectivity index (χ2n) is 7.38. The van der Waals surface area contributed by atoms with E-state index in [4.69, 9.17) is 10.8 Å². The number of rotatable bonds is 15. The molecule has 0 fully saturated rings. The number of carboxylic acid groups (broad SMARTS) is 1. The maximum atomic E-state index is 12.7. The highest BCUT2D eigenvalue weighted by atomic mass is 16.4. The SMILES string of the molecule is CCNC(CCC(=O)O)C(=O)NC(C(=O)NC(CCCNC(N)=O)C(C)=O)C(C)C. The molecule has 0 saturated heterocycles. The zero-order chi connectivity index (χ0) is 23.3. The Morgan fingerprint density at radius 1 is 0.967 bits per heavy atom. The molecule has 7 N–H and O–H groups in total. The molecular formula is C19H35N5O6. The molecule has 0 aliphatic heterocycles. The first-order chi connectivity index (χ1) is 14.0. The van der Waals surface area contributed by atoms with Crippen LogP contribution in [-0.4, -0.2) is 65.9 Å². The van der Waals surface area contributed by atoms with Gasteiger partial charge in [0.25, 0.3) is 0 Å². The third-order valence-corrected chi connectivity index (χ3v) is 4.44. The topological polar surface area (TPSA) is 180 Å². The molecule has 172 valence electrons. The van der Waals surface area contributed by atoms with Crippen LogP contribution in [0.3, 0.4) is 0 Å². The zero-order valence-electron chi connectivity index (χ0n) is 18.1. The fourth-order valence-corrected chi connectivity index (χ4v) is 2.79. The van der Waals surface area contributed by atoms with Crippen LogP contribution in [0.2, 0.25) is 0 Å². The van der Waals surface area contributed by atoms with E-state index in [1.807, 2.05) is 0 Å². The molecule has 30 heavy (non-hydrogen) atoms. The van der Waals surface area contributed by atoms with Gasteiger partial charge in [0.1, 0.15) is 6.04 Å². The number of carboxylic acids is 1. The second-order valence-corrected chi connectivity index (χ2v) is 7.38. The van der Waals surface area contributed by atoms with E-state index in [9.17, 15) is 24.0 Å². The van der Waals surface area contributed by atoms with Crippen molar-refractivity contribution >= 4 is 29.6 Å². The van der Waals surface area contributed by atoms with Crippen molar-refractivity contribution < 1.29 is 29.1 Å². The van der Waals surface area contributed by atoms with Crippen molar-refractivity contribution in [3.05, 3.63) is 0 Å². The molecule has 0 aliphatic rings. The van der Waals surface area contributed by atoms with Crippen molar-refractivity contribution in [2.45, 2.75) is 71.5 Å². The Balaban J connectivity index is 5.03. The van der Waals surface area contributed by atoms with Crippen LogP contribution >= 0.6 is 0 Å². The van der Waals surface area contributed by atoms with Crippen molar-refractivity contribution in [1.29, 1.82) is 0 Å². The van der Waals surface area contributed by atoms with Gasteiger partial charge in [-0.2, -0.15) is 0 Å². The lowest BCUT2D eigenvalue weighted by molar-refractivity contribution is -0.137. The lowest BCUT2D eigenvalue weighted by Gasteiger charge is -2.26. The number of aliphatic carboxylic acids is 1. The Bertz CT molecular complexity index is 610. The number of primary amides is 1. The van der Waals surface area contributed by atoms with Crippen LogP contribution in [0, 0.1) is 5.92 Å². The lowest BCUT2D eigenvalue weighted by atomic mass is 10.0. The highest BCUT2D eigenvalue weighted by Crippen LogP contribution is 2.07. The minimum Gasteiger partial charge on any atom is -0.481 e. The van der Waals surface area contributed by atoms with Gasteiger partial charge in [0.15, 0.2) is 5.78 Å². The van der Waals surface area contributed by atoms with Crippen LogP contribution in [0.15, 0.2) is 0 Å². The molecule has 0 aromatic carbocycles. The van der Waals surface area contributed by atoms with E-state index >= 15 is 0 Å². The molecule has 4 amide bonds. The van der Waals surface area contributed by atoms with Crippen LogP contribution in [-0.2, 0) is 19.2 Å². The van der Waals surface area contributed by atoms with E-state index in [0.717, 1.165) is 0 Å². The maximum Gasteiger partial charge on any atom is 0.312 e. The number of nitrogens with one attached hydrogen (secondary N) is 4. The first-order valence-corrected chi connectivity index (χ1v) is 10.1. The Morgan fingerprint density at radius 2 is 1.60 bits per heavy atom. The molecule has 3 atom stereocenters. The minimum absolute atomic E-state index is 0.0877. The third kappa shape index (κ3) is 11.3. The maximum absolute atomic E-state index is 12.7. The number of likely N-dealkylation sites (N-methyl/N-ethyl adjacent to an activating group) is 1. The first kappa shape index (κ1) is 27.3. The number of carbonyl (C=O) groups is 5. The molecule has 0 saturated carbocycles. The van der Waals surface area contributed by atoms with Crippen LogP contribution in [0.1, 0.15) is 53.4 Å².